The fraction of sp³-hybridized carbons (Fsp3) is 0.909. The molecule has 0 spiro atoms. The lowest BCUT2D eigenvalue weighted by molar-refractivity contribution is 0.187. The first-order chi connectivity index (χ1) is 5.17. The maximum absolute atomic E-state index is 2.52. The van der Waals surface area contributed by atoms with E-state index >= 15 is 0 Å². The average Bonchev–Trinajstić information content (AvgIpc) is 1.94. The van der Waals surface area contributed by atoms with Crippen molar-refractivity contribution >= 4 is 0 Å². The second-order valence-corrected chi connectivity index (χ2v) is 4.44. The summed E-state index contributed by atoms with van der Waals surface area (Å²) in [6, 6.07) is 0. The van der Waals surface area contributed by atoms with Gasteiger partial charge >= 0.3 is 0 Å². The Hall–Kier alpha value is 0. The highest BCUT2D eigenvalue weighted by Crippen LogP contribution is 2.41. The van der Waals surface area contributed by atoms with Crippen molar-refractivity contribution in [3.8, 4) is 0 Å². The summed E-state index contributed by atoms with van der Waals surface area (Å²) >= 11 is 0. The predicted octanol–water partition coefficient (Wildman–Crippen LogP) is 3.82. The van der Waals surface area contributed by atoms with Gasteiger partial charge in [0.15, 0.2) is 0 Å². The summed E-state index contributed by atoms with van der Waals surface area (Å²) in [4.78, 5) is 0. The highest BCUT2D eigenvalue weighted by atomic mass is 14.4. The number of rotatable bonds is 2. The third kappa shape index (κ3) is 2.21. The van der Waals surface area contributed by atoms with Crippen molar-refractivity contribution in [3.05, 3.63) is 6.42 Å². The topological polar surface area (TPSA) is 0 Å². The zero-order valence-electron chi connectivity index (χ0n) is 8.19. The van der Waals surface area contributed by atoms with E-state index in [2.05, 4.69) is 27.2 Å². The Morgan fingerprint density at radius 1 is 1.45 bits per heavy atom. The van der Waals surface area contributed by atoms with Crippen molar-refractivity contribution in [2.75, 3.05) is 0 Å². The molecule has 0 aromatic rings. The smallest absolute Gasteiger partial charge is 0.0295 e. The van der Waals surface area contributed by atoms with Crippen LogP contribution in [0.4, 0.5) is 0 Å². The van der Waals surface area contributed by atoms with Gasteiger partial charge < -0.3 is 0 Å². The lowest BCUT2D eigenvalue weighted by Crippen LogP contribution is -2.28. The van der Waals surface area contributed by atoms with Crippen LogP contribution in [0.2, 0.25) is 0 Å². The second-order valence-electron chi connectivity index (χ2n) is 4.44. The van der Waals surface area contributed by atoms with Crippen LogP contribution in [0.3, 0.4) is 0 Å². The zero-order chi connectivity index (χ0) is 8.32. The van der Waals surface area contributed by atoms with Crippen molar-refractivity contribution in [1.29, 1.82) is 0 Å². The summed E-state index contributed by atoms with van der Waals surface area (Å²) in [6.45, 7) is 7.09. The first-order valence-corrected chi connectivity index (χ1v) is 5.01. The normalized spacial score (nSPS) is 30.3. The molecule has 1 unspecified atom stereocenters. The lowest BCUT2D eigenvalue weighted by Gasteiger charge is -2.38. The molecule has 0 aromatic heterocycles. The summed E-state index contributed by atoms with van der Waals surface area (Å²) in [5, 5.41) is 0. The third-order valence-corrected chi connectivity index (χ3v) is 3.12. The Bertz CT molecular complexity index is 111. The molecule has 0 N–H and O–H groups in total. The second kappa shape index (κ2) is 3.60. The van der Waals surface area contributed by atoms with Crippen molar-refractivity contribution in [1.82, 2.24) is 0 Å². The van der Waals surface area contributed by atoms with Gasteiger partial charge in [0.25, 0.3) is 0 Å². The molecule has 1 atom stereocenters. The van der Waals surface area contributed by atoms with Crippen molar-refractivity contribution < 1.29 is 0 Å². The van der Waals surface area contributed by atoms with Crippen LogP contribution < -0.4 is 0 Å². The standard InChI is InChI=1S/C11H21/c1-4-7-10-8-5-6-9-11(10,2)3/h9-10H,4-8H2,1-3H3. The minimum atomic E-state index is 0.522. The van der Waals surface area contributed by atoms with Gasteiger partial charge in [-0.15, -0.1) is 0 Å². The molecule has 0 bridgehead atoms. The summed E-state index contributed by atoms with van der Waals surface area (Å²) in [6.07, 6.45) is 9.51. The first kappa shape index (κ1) is 9.09. The van der Waals surface area contributed by atoms with Gasteiger partial charge in [-0.3, -0.25) is 0 Å². The molecule has 1 fully saturated rings. The third-order valence-electron chi connectivity index (χ3n) is 3.12. The fourth-order valence-corrected chi connectivity index (χ4v) is 2.24. The molecule has 11 heavy (non-hydrogen) atoms. The lowest BCUT2D eigenvalue weighted by atomic mass is 9.67. The van der Waals surface area contributed by atoms with Crippen LogP contribution in [0.25, 0.3) is 0 Å². The Kier molecular flexibility index (Phi) is 2.98. The molecular weight excluding hydrogens is 132 g/mol. The monoisotopic (exact) mass is 153 g/mol. The van der Waals surface area contributed by atoms with Crippen LogP contribution in [0.1, 0.15) is 52.9 Å². The van der Waals surface area contributed by atoms with Crippen LogP contribution in [-0.4, -0.2) is 0 Å². The van der Waals surface area contributed by atoms with E-state index in [0.717, 1.165) is 5.92 Å². The molecule has 0 aromatic carbocycles. The maximum Gasteiger partial charge on any atom is -0.0295 e. The van der Waals surface area contributed by atoms with E-state index in [9.17, 15) is 0 Å². The molecule has 0 saturated heterocycles. The molecule has 1 rings (SSSR count). The zero-order valence-corrected chi connectivity index (χ0v) is 8.19. The van der Waals surface area contributed by atoms with Crippen molar-refractivity contribution in [2.24, 2.45) is 11.3 Å². The minimum Gasteiger partial charge on any atom is -0.0654 e. The SMILES string of the molecule is CCCC1CCC[CH]C1(C)C. The van der Waals surface area contributed by atoms with E-state index in [0.29, 0.717) is 5.41 Å². The molecule has 0 aliphatic heterocycles. The van der Waals surface area contributed by atoms with Gasteiger partial charge in [-0.2, -0.15) is 0 Å². The highest BCUT2D eigenvalue weighted by molar-refractivity contribution is 4.94. The predicted molar refractivity (Wildman–Crippen MR) is 50.3 cm³/mol. The van der Waals surface area contributed by atoms with Crippen molar-refractivity contribution in [2.45, 2.75) is 52.9 Å². The summed E-state index contributed by atoms with van der Waals surface area (Å²) in [5.74, 6) is 0.959. The van der Waals surface area contributed by atoms with E-state index in [4.69, 9.17) is 0 Å². The van der Waals surface area contributed by atoms with Gasteiger partial charge in [0.05, 0.1) is 0 Å². The van der Waals surface area contributed by atoms with E-state index in [1.165, 1.54) is 32.1 Å². The molecule has 1 saturated carbocycles. The molecular formula is C11H21. The molecule has 0 heteroatoms. The van der Waals surface area contributed by atoms with Crippen LogP contribution in [0.15, 0.2) is 0 Å². The number of hydrogen-bond donors (Lipinski definition) is 0. The van der Waals surface area contributed by atoms with E-state index < -0.39 is 0 Å². The largest absolute Gasteiger partial charge is 0.0654 e. The Labute approximate surface area is 71.4 Å². The van der Waals surface area contributed by atoms with Gasteiger partial charge in [0.1, 0.15) is 0 Å². The fourth-order valence-electron chi connectivity index (χ4n) is 2.24. The molecule has 1 aliphatic rings. The Morgan fingerprint density at radius 2 is 2.18 bits per heavy atom. The Balaban J connectivity index is 2.45. The van der Waals surface area contributed by atoms with Crippen LogP contribution in [-0.2, 0) is 0 Å². The summed E-state index contributed by atoms with van der Waals surface area (Å²) < 4.78 is 0. The van der Waals surface area contributed by atoms with E-state index in [1.54, 1.807) is 0 Å². The minimum absolute atomic E-state index is 0.522. The Morgan fingerprint density at radius 3 is 2.73 bits per heavy atom. The molecule has 0 amide bonds. The highest BCUT2D eigenvalue weighted by Gasteiger charge is 2.31. The van der Waals surface area contributed by atoms with Gasteiger partial charge in [0, 0.05) is 0 Å². The van der Waals surface area contributed by atoms with Gasteiger partial charge in [-0.05, 0) is 30.6 Å². The molecule has 0 nitrogen and oxygen atoms in total. The van der Waals surface area contributed by atoms with E-state index in [1.807, 2.05) is 0 Å². The number of hydrogen-bond acceptors (Lipinski definition) is 0. The van der Waals surface area contributed by atoms with Crippen molar-refractivity contribution in [3.63, 3.8) is 0 Å². The van der Waals surface area contributed by atoms with Crippen LogP contribution in [0.5, 0.6) is 0 Å². The van der Waals surface area contributed by atoms with Gasteiger partial charge in [-0.1, -0.05) is 40.0 Å². The first-order valence-electron chi connectivity index (χ1n) is 5.01. The molecule has 0 heterocycles. The average molecular weight is 153 g/mol. The van der Waals surface area contributed by atoms with Crippen LogP contribution in [0, 0.1) is 17.8 Å². The van der Waals surface area contributed by atoms with Crippen LogP contribution >= 0.6 is 0 Å². The molecule has 1 radical (unpaired) electrons. The van der Waals surface area contributed by atoms with Gasteiger partial charge in [0.2, 0.25) is 0 Å². The van der Waals surface area contributed by atoms with Gasteiger partial charge in [-0.25, -0.2) is 0 Å². The summed E-state index contributed by atoms with van der Waals surface area (Å²) in [5.41, 5.74) is 0.522. The summed E-state index contributed by atoms with van der Waals surface area (Å²) in [7, 11) is 0. The quantitative estimate of drug-likeness (QED) is 0.566. The molecule has 65 valence electrons. The maximum atomic E-state index is 2.52. The molecule has 1 aliphatic carbocycles. The van der Waals surface area contributed by atoms with E-state index in [-0.39, 0.29) is 0 Å².